The highest BCUT2D eigenvalue weighted by Crippen LogP contribution is 2.19. The summed E-state index contributed by atoms with van der Waals surface area (Å²) in [4.78, 5) is 29.4. The summed E-state index contributed by atoms with van der Waals surface area (Å²) in [6, 6.07) is 5.34. The maximum atomic E-state index is 12.0. The molecule has 96 valence electrons. The molecule has 2 rings (SSSR count). The largest absolute Gasteiger partial charge is 0.342 e. The highest BCUT2D eigenvalue weighted by molar-refractivity contribution is 5.96. The average molecular weight is 247 g/mol. The number of pyridine rings is 1. The predicted octanol–water partition coefficient (Wildman–Crippen LogP) is 1.28. The van der Waals surface area contributed by atoms with E-state index in [1.165, 1.54) is 0 Å². The second-order valence-electron chi connectivity index (χ2n) is 4.45. The Morgan fingerprint density at radius 1 is 1.56 bits per heavy atom. The van der Waals surface area contributed by atoms with Crippen molar-refractivity contribution in [1.82, 2.24) is 9.88 Å². The molecule has 1 saturated heterocycles. The van der Waals surface area contributed by atoms with Gasteiger partial charge in [0.2, 0.25) is 11.8 Å². The van der Waals surface area contributed by atoms with Crippen molar-refractivity contribution in [2.75, 3.05) is 18.4 Å². The van der Waals surface area contributed by atoms with Crippen LogP contribution in [-0.4, -0.2) is 34.8 Å². The van der Waals surface area contributed by atoms with E-state index in [0.717, 1.165) is 13.0 Å². The molecule has 1 aromatic rings. The Morgan fingerprint density at radius 3 is 3.06 bits per heavy atom. The molecular weight excluding hydrogens is 230 g/mol. The molecule has 5 nitrogen and oxygen atoms in total. The fourth-order valence-corrected chi connectivity index (χ4v) is 2.10. The van der Waals surface area contributed by atoms with E-state index in [0.29, 0.717) is 18.8 Å². The number of likely N-dealkylation sites (tertiary alicyclic amines) is 1. The number of carbonyl (C=O) groups is 2. The molecule has 1 aromatic heterocycles. The van der Waals surface area contributed by atoms with E-state index in [9.17, 15) is 9.59 Å². The molecule has 0 spiro atoms. The van der Waals surface area contributed by atoms with Crippen molar-refractivity contribution in [3.8, 4) is 0 Å². The summed E-state index contributed by atoms with van der Waals surface area (Å²) in [5.74, 6) is 0.216. The number of hydrogen-bond donors (Lipinski definition) is 1. The Labute approximate surface area is 106 Å². The minimum absolute atomic E-state index is 0.0676. The molecule has 2 heterocycles. The molecule has 0 aromatic carbocycles. The fraction of sp³-hybridized carbons (Fsp3) is 0.462. The van der Waals surface area contributed by atoms with Crippen molar-refractivity contribution >= 4 is 17.6 Å². The second-order valence-corrected chi connectivity index (χ2v) is 4.45. The first-order valence-electron chi connectivity index (χ1n) is 6.20. The summed E-state index contributed by atoms with van der Waals surface area (Å²) in [5, 5.41) is 2.74. The van der Waals surface area contributed by atoms with Gasteiger partial charge in [-0.05, 0) is 18.6 Å². The molecule has 1 aliphatic heterocycles. The van der Waals surface area contributed by atoms with Crippen molar-refractivity contribution in [2.45, 2.75) is 19.8 Å². The van der Waals surface area contributed by atoms with E-state index in [2.05, 4.69) is 10.3 Å². The third kappa shape index (κ3) is 2.85. The Hall–Kier alpha value is -1.91. The Morgan fingerprint density at radius 2 is 2.39 bits per heavy atom. The fourth-order valence-electron chi connectivity index (χ4n) is 2.10. The first kappa shape index (κ1) is 12.5. The smallest absolute Gasteiger partial charge is 0.230 e. The van der Waals surface area contributed by atoms with Gasteiger partial charge in [-0.1, -0.05) is 13.0 Å². The van der Waals surface area contributed by atoms with Crippen LogP contribution in [0, 0.1) is 5.92 Å². The first-order chi connectivity index (χ1) is 8.70. The van der Waals surface area contributed by atoms with Crippen LogP contribution in [-0.2, 0) is 9.59 Å². The zero-order valence-corrected chi connectivity index (χ0v) is 10.4. The zero-order chi connectivity index (χ0) is 13.0. The van der Waals surface area contributed by atoms with Gasteiger partial charge in [0.05, 0.1) is 5.92 Å². The summed E-state index contributed by atoms with van der Waals surface area (Å²) in [6.07, 6.45) is 2.85. The monoisotopic (exact) mass is 247 g/mol. The number of hydrogen-bond acceptors (Lipinski definition) is 3. The third-order valence-electron chi connectivity index (χ3n) is 2.99. The number of aromatic nitrogens is 1. The Balaban J connectivity index is 1.93. The Kier molecular flexibility index (Phi) is 3.92. The number of rotatable bonds is 4. The van der Waals surface area contributed by atoms with Crippen molar-refractivity contribution in [3.05, 3.63) is 24.4 Å². The van der Waals surface area contributed by atoms with Gasteiger partial charge in [0.15, 0.2) is 0 Å². The van der Waals surface area contributed by atoms with E-state index in [1.54, 1.807) is 23.2 Å². The van der Waals surface area contributed by atoms with Gasteiger partial charge in [-0.15, -0.1) is 0 Å². The maximum absolute atomic E-state index is 12.0. The van der Waals surface area contributed by atoms with E-state index >= 15 is 0 Å². The summed E-state index contributed by atoms with van der Waals surface area (Å²) in [7, 11) is 0. The summed E-state index contributed by atoms with van der Waals surface area (Å²) in [6.45, 7) is 3.27. The van der Waals surface area contributed by atoms with Crippen LogP contribution in [0.15, 0.2) is 24.4 Å². The van der Waals surface area contributed by atoms with Gasteiger partial charge in [-0.25, -0.2) is 4.98 Å². The van der Waals surface area contributed by atoms with Crippen LogP contribution in [0.3, 0.4) is 0 Å². The van der Waals surface area contributed by atoms with Crippen LogP contribution in [0.1, 0.15) is 19.8 Å². The molecule has 18 heavy (non-hydrogen) atoms. The van der Waals surface area contributed by atoms with Gasteiger partial charge in [-0.2, -0.15) is 0 Å². The molecule has 0 unspecified atom stereocenters. The number of nitrogens with one attached hydrogen (secondary N) is 1. The van der Waals surface area contributed by atoms with Crippen LogP contribution in [0.25, 0.3) is 0 Å². The average Bonchev–Trinajstić information content (AvgIpc) is 2.73. The first-order valence-corrected chi connectivity index (χ1v) is 6.20. The predicted molar refractivity (Wildman–Crippen MR) is 67.8 cm³/mol. The number of amides is 2. The lowest BCUT2D eigenvalue weighted by Crippen LogP contribution is -2.29. The molecule has 5 heteroatoms. The van der Waals surface area contributed by atoms with Crippen molar-refractivity contribution in [3.63, 3.8) is 0 Å². The van der Waals surface area contributed by atoms with E-state index in [-0.39, 0.29) is 17.7 Å². The minimum atomic E-state index is -0.258. The van der Waals surface area contributed by atoms with Gasteiger partial charge in [-0.3, -0.25) is 9.59 Å². The van der Waals surface area contributed by atoms with Crippen LogP contribution in [0.5, 0.6) is 0 Å². The van der Waals surface area contributed by atoms with Crippen molar-refractivity contribution in [2.24, 2.45) is 5.92 Å². The minimum Gasteiger partial charge on any atom is -0.342 e. The topological polar surface area (TPSA) is 62.3 Å². The summed E-state index contributed by atoms with van der Waals surface area (Å²) in [5.41, 5.74) is 0. The Bertz CT molecular complexity index is 433. The highest BCUT2D eigenvalue weighted by atomic mass is 16.2. The quantitative estimate of drug-likeness (QED) is 0.871. The SMILES string of the molecule is CCCN1C[C@H](C(=O)Nc2ccccn2)CC1=O. The van der Waals surface area contributed by atoms with E-state index in [4.69, 9.17) is 0 Å². The molecule has 1 aliphatic rings. The number of carbonyl (C=O) groups excluding carboxylic acids is 2. The summed E-state index contributed by atoms with van der Waals surface area (Å²) >= 11 is 0. The zero-order valence-electron chi connectivity index (χ0n) is 10.4. The lowest BCUT2D eigenvalue weighted by Gasteiger charge is -2.14. The van der Waals surface area contributed by atoms with E-state index in [1.807, 2.05) is 13.0 Å². The molecule has 0 bridgehead atoms. The van der Waals surface area contributed by atoms with Crippen molar-refractivity contribution in [1.29, 1.82) is 0 Å². The maximum Gasteiger partial charge on any atom is 0.230 e. The lowest BCUT2D eigenvalue weighted by molar-refractivity contribution is -0.128. The highest BCUT2D eigenvalue weighted by Gasteiger charge is 2.33. The molecule has 0 saturated carbocycles. The van der Waals surface area contributed by atoms with Crippen LogP contribution in [0.4, 0.5) is 5.82 Å². The standard InChI is InChI=1S/C13H17N3O2/c1-2-7-16-9-10(8-12(16)17)13(18)15-11-5-3-4-6-14-11/h3-6,10H,2,7-9H2,1H3,(H,14,15,18)/t10-/m1/s1. The molecule has 0 aliphatic carbocycles. The molecule has 1 fully saturated rings. The van der Waals surface area contributed by atoms with Gasteiger partial charge in [0, 0.05) is 25.7 Å². The van der Waals surface area contributed by atoms with Gasteiger partial charge in [0.25, 0.3) is 0 Å². The third-order valence-corrected chi connectivity index (χ3v) is 2.99. The lowest BCUT2D eigenvalue weighted by atomic mass is 10.1. The van der Waals surface area contributed by atoms with Crippen molar-refractivity contribution < 1.29 is 9.59 Å². The molecule has 1 N–H and O–H groups in total. The van der Waals surface area contributed by atoms with Crippen LogP contribution >= 0.6 is 0 Å². The van der Waals surface area contributed by atoms with Crippen LogP contribution < -0.4 is 5.32 Å². The van der Waals surface area contributed by atoms with Gasteiger partial charge in [0.1, 0.15) is 5.82 Å². The molecule has 1 atom stereocenters. The molecule has 2 amide bonds. The van der Waals surface area contributed by atoms with E-state index < -0.39 is 0 Å². The molecular formula is C13H17N3O2. The molecule has 0 radical (unpaired) electrons. The van der Waals surface area contributed by atoms with Crippen LogP contribution in [0.2, 0.25) is 0 Å². The normalized spacial score (nSPS) is 19.1. The second kappa shape index (κ2) is 5.62. The van der Waals surface area contributed by atoms with Gasteiger partial charge < -0.3 is 10.2 Å². The van der Waals surface area contributed by atoms with Gasteiger partial charge >= 0.3 is 0 Å². The number of nitrogens with zero attached hydrogens (tertiary/aromatic N) is 2. The summed E-state index contributed by atoms with van der Waals surface area (Å²) < 4.78 is 0. The number of anilines is 1.